The van der Waals surface area contributed by atoms with E-state index < -0.39 is 14.0 Å². The van der Waals surface area contributed by atoms with Crippen molar-refractivity contribution < 1.29 is 14.6 Å². The van der Waals surface area contributed by atoms with Gasteiger partial charge in [-0.25, -0.2) is 9.78 Å². The third-order valence-electron chi connectivity index (χ3n) is 3.07. The van der Waals surface area contributed by atoms with E-state index >= 15 is 0 Å². The van der Waals surface area contributed by atoms with E-state index in [0.29, 0.717) is 6.73 Å². The number of carboxylic acid groups (broad SMARTS) is 1. The fourth-order valence-corrected chi connectivity index (χ4v) is 2.60. The van der Waals surface area contributed by atoms with Crippen LogP contribution < -0.4 is 0 Å². The highest BCUT2D eigenvalue weighted by atomic mass is 28.3. The number of hydrogen-bond acceptors (Lipinski definition) is 3. The average Bonchev–Trinajstić information content (AvgIpc) is 2.76. The van der Waals surface area contributed by atoms with Crippen LogP contribution in [0.15, 0.2) is 24.5 Å². The van der Waals surface area contributed by atoms with Gasteiger partial charge in [-0.05, 0) is 18.2 Å². The highest BCUT2D eigenvalue weighted by Crippen LogP contribution is 2.15. The fourth-order valence-electron chi connectivity index (χ4n) is 1.84. The van der Waals surface area contributed by atoms with Gasteiger partial charge in [0, 0.05) is 32.5 Å². The van der Waals surface area contributed by atoms with Crippen molar-refractivity contribution in [2.75, 3.05) is 6.61 Å². The standard InChI is InChI=1S/C14H20N2O3Si/c1-20(2,3)7-6-19-10-16-5-4-11-8-12(14(17)18)9-15-13(11)16/h4-5,8-9H,6-7,10H2,1-3H3,(H,17,18). The molecule has 20 heavy (non-hydrogen) atoms. The molecule has 0 bridgehead atoms. The molecule has 5 nitrogen and oxygen atoms in total. The van der Waals surface area contributed by atoms with Gasteiger partial charge in [0.15, 0.2) is 0 Å². The third kappa shape index (κ3) is 3.67. The molecular formula is C14H20N2O3Si. The lowest BCUT2D eigenvalue weighted by Crippen LogP contribution is -2.22. The van der Waals surface area contributed by atoms with Crippen LogP contribution >= 0.6 is 0 Å². The quantitative estimate of drug-likeness (QED) is 0.656. The lowest BCUT2D eigenvalue weighted by molar-refractivity contribution is 0.0696. The van der Waals surface area contributed by atoms with Crippen molar-refractivity contribution >= 4 is 25.1 Å². The van der Waals surface area contributed by atoms with Crippen LogP contribution in [0.3, 0.4) is 0 Å². The topological polar surface area (TPSA) is 64.3 Å². The summed E-state index contributed by atoms with van der Waals surface area (Å²) in [5.41, 5.74) is 0.956. The van der Waals surface area contributed by atoms with Gasteiger partial charge in [-0.15, -0.1) is 0 Å². The van der Waals surface area contributed by atoms with Gasteiger partial charge in [0.1, 0.15) is 12.4 Å². The zero-order valence-corrected chi connectivity index (χ0v) is 13.1. The maximum atomic E-state index is 10.9. The number of pyridine rings is 1. The molecular weight excluding hydrogens is 272 g/mol. The summed E-state index contributed by atoms with van der Waals surface area (Å²) in [6.45, 7) is 8.15. The van der Waals surface area contributed by atoms with E-state index in [2.05, 4.69) is 24.6 Å². The van der Waals surface area contributed by atoms with Gasteiger partial charge in [-0.2, -0.15) is 0 Å². The Morgan fingerprint density at radius 3 is 2.85 bits per heavy atom. The molecule has 0 radical (unpaired) electrons. The summed E-state index contributed by atoms with van der Waals surface area (Å²) >= 11 is 0. The Bertz CT molecular complexity index is 616. The van der Waals surface area contributed by atoms with Crippen LogP contribution in [-0.2, 0) is 11.5 Å². The van der Waals surface area contributed by atoms with Gasteiger partial charge in [0.05, 0.1) is 5.56 Å². The maximum Gasteiger partial charge on any atom is 0.337 e. The Labute approximate surface area is 119 Å². The second kappa shape index (κ2) is 5.76. The normalized spacial score (nSPS) is 11.9. The molecule has 0 atom stereocenters. The first-order valence-electron chi connectivity index (χ1n) is 6.63. The minimum Gasteiger partial charge on any atom is -0.478 e. The van der Waals surface area contributed by atoms with Crippen molar-refractivity contribution in [2.24, 2.45) is 0 Å². The van der Waals surface area contributed by atoms with Crippen LogP contribution in [0.25, 0.3) is 11.0 Å². The van der Waals surface area contributed by atoms with Crippen molar-refractivity contribution in [1.82, 2.24) is 9.55 Å². The summed E-state index contributed by atoms with van der Waals surface area (Å²) in [7, 11) is -1.07. The fraction of sp³-hybridized carbons (Fsp3) is 0.429. The molecule has 2 heterocycles. The summed E-state index contributed by atoms with van der Waals surface area (Å²) in [5.74, 6) is -0.960. The van der Waals surface area contributed by atoms with Crippen LogP contribution in [-0.4, -0.2) is 35.3 Å². The average molecular weight is 292 g/mol. The molecule has 108 valence electrons. The van der Waals surface area contributed by atoms with Gasteiger partial charge in [-0.3, -0.25) is 0 Å². The Morgan fingerprint density at radius 1 is 1.45 bits per heavy atom. The van der Waals surface area contributed by atoms with Crippen LogP contribution in [0.1, 0.15) is 10.4 Å². The van der Waals surface area contributed by atoms with Crippen LogP contribution in [0.5, 0.6) is 0 Å². The Kier molecular flexibility index (Phi) is 4.25. The Balaban J connectivity index is 2.03. The number of ether oxygens (including phenoxy) is 1. The molecule has 0 amide bonds. The number of nitrogens with zero attached hydrogens (tertiary/aromatic N) is 2. The first-order chi connectivity index (χ1) is 9.37. The van der Waals surface area contributed by atoms with Crippen LogP contribution in [0.2, 0.25) is 25.7 Å². The summed E-state index contributed by atoms with van der Waals surface area (Å²) in [4.78, 5) is 15.1. The van der Waals surface area contributed by atoms with Crippen LogP contribution in [0.4, 0.5) is 0 Å². The highest BCUT2D eigenvalue weighted by Gasteiger charge is 2.12. The summed E-state index contributed by atoms with van der Waals surface area (Å²) in [5, 5.41) is 9.75. The molecule has 0 saturated heterocycles. The number of rotatable bonds is 6. The zero-order valence-electron chi connectivity index (χ0n) is 12.1. The maximum absolute atomic E-state index is 10.9. The molecule has 2 aromatic heterocycles. The second-order valence-electron chi connectivity index (χ2n) is 6.08. The smallest absolute Gasteiger partial charge is 0.337 e. The van der Waals surface area contributed by atoms with E-state index in [1.807, 2.05) is 16.8 Å². The SMILES string of the molecule is C[Si](C)(C)CCOCn1ccc2cc(C(=O)O)cnc21. The second-order valence-corrected chi connectivity index (χ2v) is 11.7. The van der Waals surface area contributed by atoms with Crippen molar-refractivity contribution in [1.29, 1.82) is 0 Å². The molecule has 2 aromatic rings. The van der Waals surface area contributed by atoms with Gasteiger partial charge in [0.25, 0.3) is 0 Å². The molecule has 1 N–H and O–H groups in total. The molecule has 0 aliphatic rings. The minimum absolute atomic E-state index is 0.204. The number of aromatic nitrogens is 2. The van der Waals surface area contributed by atoms with Crippen LogP contribution in [0, 0.1) is 0 Å². The molecule has 0 saturated carbocycles. The molecule has 6 heteroatoms. The molecule has 0 aliphatic heterocycles. The van der Waals surface area contributed by atoms with Crippen molar-refractivity contribution in [3.63, 3.8) is 0 Å². The zero-order chi connectivity index (χ0) is 14.8. The third-order valence-corrected chi connectivity index (χ3v) is 4.78. The predicted molar refractivity (Wildman–Crippen MR) is 80.8 cm³/mol. The predicted octanol–water partition coefficient (Wildman–Crippen LogP) is 3.05. The van der Waals surface area contributed by atoms with Crippen molar-refractivity contribution in [3.8, 4) is 0 Å². The monoisotopic (exact) mass is 292 g/mol. The van der Waals surface area contributed by atoms with E-state index in [4.69, 9.17) is 9.84 Å². The number of carboxylic acids is 1. The van der Waals surface area contributed by atoms with E-state index in [1.165, 1.54) is 6.20 Å². The summed E-state index contributed by atoms with van der Waals surface area (Å²) in [6, 6.07) is 4.61. The number of carbonyl (C=O) groups is 1. The van der Waals surface area contributed by atoms with Gasteiger partial charge >= 0.3 is 5.97 Å². The van der Waals surface area contributed by atoms with Crippen molar-refractivity contribution in [2.45, 2.75) is 32.4 Å². The molecule has 0 unspecified atom stereocenters. The molecule has 2 rings (SSSR count). The van der Waals surface area contributed by atoms with E-state index in [1.54, 1.807) is 6.07 Å². The molecule has 0 aromatic carbocycles. The summed E-state index contributed by atoms with van der Waals surface area (Å²) in [6.07, 6.45) is 3.25. The molecule has 0 fully saturated rings. The van der Waals surface area contributed by atoms with E-state index in [-0.39, 0.29) is 5.56 Å². The van der Waals surface area contributed by atoms with Gasteiger partial charge in [0.2, 0.25) is 0 Å². The number of fused-ring (bicyclic) bond motifs is 1. The first-order valence-corrected chi connectivity index (χ1v) is 10.3. The minimum atomic E-state index is -1.07. The lowest BCUT2D eigenvalue weighted by atomic mass is 10.2. The van der Waals surface area contributed by atoms with Gasteiger partial charge < -0.3 is 14.4 Å². The Hall–Kier alpha value is -1.66. The van der Waals surface area contributed by atoms with E-state index in [0.717, 1.165) is 23.7 Å². The van der Waals surface area contributed by atoms with Crippen molar-refractivity contribution in [3.05, 3.63) is 30.1 Å². The number of hydrogen-bond donors (Lipinski definition) is 1. The lowest BCUT2D eigenvalue weighted by Gasteiger charge is -2.15. The molecule has 0 spiro atoms. The first kappa shape index (κ1) is 14.7. The Morgan fingerprint density at radius 2 is 2.20 bits per heavy atom. The largest absolute Gasteiger partial charge is 0.478 e. The highest BCUT2D eigenvalue weighted by molar-refractivity contribution is 6.76. The summed E-state index contributed by atoms with van der Waals surface area (Å²) < 4.78 is 7.58. The molecule has 0 aliphatic carbocycles. The number of aromatic carboxylic acids is 1. The van der Waals surface area contributed by atoms with E-state index in [9.17, 15) is 4.79 Å². The van der Waals surface area contributed by atoms with Gasteiger partial charge in [-0.1, -0.05) is 19.6 Å².